The number of para-hydroxylation sites is 1. The highest BCUT2D eigenvalue weighted by atomic mass is 32.1. The Bertz CT molecular complexity index is 739. The fourth-order valence-corrected chi connectivity index (χ4v) is 4.70. The van der Waals surface area contributed by atoms with E-state index >= 15 is 0 Å². The highest BCUT2D eigenvalue weighted by Crippen LogP contribution is 2.37. The van der Waals surface area contributed by atoms with Crippen LogP contribution >= 0.6 is 11.3 Å². The van der Waals surface area contributed by atoms with E-state index in [1.54, 1.807) is 23.3 Å². The van der Waals surface area contributed by atoms with Crippen molar-refractivity contribution in [2.24, 2.45) is 5.92 Å². The molecule has 2 aliphatic rings. The van der Waals surface area contributed by atoms with Crippen LogP contribution in [0, 0.1) is 5.92 Å². The Kier molecular flexibility index (Phi) is 3.56. The van der Waals surface area contributed by atoms with Gasteiger partial charge in [-0.15, -0.1) is 11.3 Å². The Labute approximate surface area is 138 Å². The molecule has 120 valence electrons. The molecule has 0 spiro atoms. The third kappa shape index (κ3) is 2.51. The fraction of sp³-hybridized carbons (Fsp3) is 0.471. The summed E-state index contributed by atoms with van der Waals surface area (Å²) in [6, 6.07) is 8.16. The van der Waals surface area contributed by atoms with Crippen molar-refractivity contribution >= 4 is 33.4 Å². The molecule has 1 aromatic carbocycles. The normalized spacial score (nSPS) is 24.8. The molecule has 0 saturated carbocycles. The van der Waals surface area contributed by atoms with Crippen LogP contribution in [0.5, 0.6) is 0 Å². The average Bonchev–Trinajstić information content (AvgIpc) is 3.24. The maximum absolute atomic E-state index is 12.9. The molecule has 0 bridgehead atoms. The first-order valence-corrected chi connectivity index (χ1v) is 8.85. The Balaban J connectivity index is 1.59. The Morgan fingerprint density at radius 2 is 2.17 bits per heavy atom. The van der Waals surface area contributed by atoms with Gasteiger partial charge in [-0.2, -0.15) is 0 Å². The molecule has 2 aromatic rings. The molecule has 0 aliphatic carbocycles. The molecular weight excluding hydrogens is 310 g/mol. The van der Waals surface area contributed by atoms with Crippen molar-refractivity contribution in [3.8, 4) is 0 Å². The number of likely N-dealkylation sites (tertiary alicyclic amines) is 2. The zero-order chi connectivity index (χ0) is 16.0. The highest BCUT2D eigenvalue weighted by molar-refractivity contribution is 7.18. The van der Waals surface area contributed by atoms with Gasteiger partial charge >= 0.3 is 0 Å². The maximum Gasteiger partial charge on any atom is 0.228 e. The summed E-state index contributed by atoms with van der Waals surface area (Å²) in [5, 5.41) is 1.02. The van der Waals surface area contributed by atoms with E-state index in [1.807, 2.05) is 23.1 Å². The van der Waals surface area contributed by atoms with Crippen LogP contribution in [0.25, 0.3) is 10.2 Å². The largest absolute Gasteiger partial charge is 0.345 e. The lowest BCUT2D eigenvalue weighted by Gasteiger charge is -2.25. The van der Waals surface area contributed by atoms with Crippen molar-refractivity contribution in [1.82, 2.24) is 14.8 Å². The predicted octanol–water partition coefficient (Wildman–Crippen LogP) is 2.44. The van der Waals surface area contributed by atoms with E-state index in [9.17, 15) is 9.59 Å². The number of carbonyl (C=O) groups is 2. The number of hydrogen-bond donors (Lipinski definition) is 0. The zero-order valence-corrected chi connectivity index (χ0v) is 13.9. The van der Waals surface area contributed by atoms with Gasteiger partial charge in [0.15, 0.2) is 0 Å². The molecule has 4 rings (SSSR count). The lowest BCUT2D eigenvalue weighted by molar-refractivity contribution is -0.136. The molecule has 0 unspecified atom stereocenters. The number of rotatable bonds is 2. The van der Waals surface area contributed by atoms with Gasteiger partial charge in [-0.05, 0) is 25.0 Å². The van der Waals surface area contributed by atoms with Crippen molar-refractivity contribution < 1.29 is 9.59 Å². The molecule has 6 heteroatoms. The van der Waals surface area contributed by atoms with Gasteiger partial charge in [0.05, 0.1) is 22.2 Å². The second kappa shape index (κ2) is 5.60. The molecule has 2 fully saturated rings. The summed E-state index contributed by atoms with van der Waals surface area (Å²) in [6.45, 7) is 1.31. The number of amides is 2. The molecule has 5 nitrogen and oxygen atoms in total. The van der Waals surface area contributed by atoms with E-state index in [4.69, 9.17) is 4.98 Å². The van der Waals surface area contributed by atoms with Crippen molar-refractivity contribution in [1.29, 1.82) is 0 Å². The fourth-order valence-electron chi connectivity index (χ4n) is 3.58. The number of benzene rings is 1. The number of hydrogen-bond acceptors (Lipinski definition) is 4. The van der Waals surface area contributed by atoms with E-state index in [0.717, 1.165) is 34.6 Å². The van der Waals surface area contributed by atoms with Gasteiger partial charge in [0.25, 0.3) is 0 Å². The van der Waals surface area contributed by atoms with Gasteiger partial charge in [0, 0.05) is 26.6 Å². The van der Waals surface area contributed by atoms with Gasteiger partial charge in [0.1, 0.15) is 5.01 Å². The molecule has 1 aromatic heterocycles. The maximum atomic E-state index is 12.9. The Morgan fingerprint density at radius 1 is 1.35 bits per heavy atom. The second-order valence-corrected chi connectivity index (χ2v) is 7.45. The quantitative estimate of drug-likeness (QED) is 0.850. The topological polar surface area (TPSA) is 53.5 Å². The summed E-state index contributed by atoms with van der Waals surface area (Å²) in [5.41, 5.74) is 1.00. The van der Waals surface area contributed by atoms with E-state index in [1.165, 1.54) is 0 Å². The first-order chi connectivity index (χ1) is 11.1. The number of aromatic nitrogens is 1. The van der Waals surface area contributed by atoms with Gasteiger partial charge in [-0.1, -0.05) is 12.1 Å². The van der Waals surface area contributed by atoms with Crippen LogP contribution in [0.1, 0.15) is 30.3 Å². The summed E-state index contributed by atoms with van der Waals surface area (Å²) in [6.07, 6.45) is 2.31. The van der Waals surface area contributed by atoms with E-state index in [2.05, 4.69) is 6.07 Å². The summed E-state index contributed by atoms with van der Waals surface area (Å²) >= 11 is 1.68. The summed E-state index contributed by atoms with van der Waals surface area (Å²) < 4.78 is 1.16. The standard InChI is InChI=1S/C17H19N3O2S/c1-19-10-11(9-15(19)21)17(22)20-8-4-6-13(20)16-18-12-5-2-3-7-14(12)23-16/h2-3,5,7,11,13H,4,6,8-10H2,1H3/t11-,13-/m0/s1. The van der Waals surface area contributed by atoms with Crippen molar-refractivity contribution in [2.75, 3.05) is 20.1 Å². The molecule has 2 amide bonds. The van der Waals surface area contributed by atoms with Crippen LogP contribution in [-0.4, -0.2) is 46.7 Å². The van der Waals surface area contributed by atoms with Crippen LogP contribution in [0.4, 0.5) is 0 Å². The third-order valence-corrected chi connectivity index (χ3v) is 5.96. The number of fused-ring (bicyclic) bond motifs is 1. The zero-order valence-electron chi connectivity index (χ0n) is 13.1. The molecule has 2 saturated heterocycles. The second-order valence-electron chi connectivity index (χ2n) is 6.38. The van der Waals surface area contributed by atoms with Crippen molar-refractivity contribution in [3.05, 3.63) is 29.3 Å². The van der Waals surface area contributed by atoms with Crippen LogP contribution in [-0.2, 0) is 9.59 Å². The Morgan fingerprint density at radius 3 is 2.91 bits per heavy atom. The van der Waals surface area contributed by atoms with E-state index in [0.29, 0.717) is 13.0 Å². The Hall–Kier alpha value is -1.95. The highest BCUT2D eigenvalue weighted by Gasteiger charge is 2.39. The van der Waals surface area contributed by atoms with Crippen LogP contribution in [0.15, 0.2) is 24.3 Å². The number of nitrogens with zero attached hydrogens (tertiary/aromatic N) is 3. The lowest BCUT2D eigenvalue weighted by Crippen LogP contribution is -2.36. The van der Waals surface area contributed by atoms with Gasteiger partial charge < -0.3 is 9.80 Å². The molecule has 0 radical (unpaired) electrons. The smallest absolute Gasteiger partial charge is 0.228 e. The van der Waals surface area contributed by atoms with Crippen LogP contribution in [0.2, 0.25) is 0 Å². The summed E-state index contributed by atoms with van der Waals surface area (Å²) in [5.74, 6) is -0.00832. The first-order valence-electron chi connectivity index (χ1n) is 8.03. The minimum Gasteiger partial charge on any atom is -0.345 e. The first kappa shape index (κ1) is 14.6. The van der Waals surface area contributed by atoms with Crippen molar-refractivity contribution in [2.45, 2.75) is 25.3 Å². The average molecular weight is 329 g/mol. The minimum absolute atomic E-state index is 0.0686. The molecule has 0 N–H and O–H groups in total. The van der Waals surface area contributed by atoms with Gasteiger partial charge in [0.2, 0.25) is 11.8 Å². The van der Waals surface area contributed by atoms with Gasteiger partial charge in [-0.25, -0.2) is 4.98 Å². The number of thiazole rings is 1. The van der Waals surface area contributed by atoms with Crippen LogP contribution in [0.3, 0.4) is 0 Å². The monoisotopic (exact) mass is 329 g/mol. The molecule has 2 atom stereocenters. The summed E-state index contributed by atoms with van der Waals surface area (Å²) in [4.78, 5) is 32.9. The molecular formula is C17H19N3O2S. The van der Waals surface area contributed by atoms with Crippen LogP contribution < -0.4 is 0 Å². The van der Waals surface area contributed by atoms with Gasteiger partial charge in [-0.3, -0.25) is 9.59 Å². The van der Waals surface area contributed by atoms with Crippen molar-refractivity contribution in [3.63, 3.8) is 0 Å². The lowest BCUT2D eigenvalue weighted by atomic mass is 10.1. The number of carbonyl (C=O) groups excluding carboxylic acids is 2. The summed E-state index contributed by atoms with van der Waals surface area (Å²) in [7, 11) is 1.77. The molecule has 23 heavy (non-hydrogen) atoms. The molecule has 3 heterocycles. The predicted molar refractivity (Wildman–Crippen MR) is 89.1 cm³/mol. The SMILES string of the molecule is CN1C[C@@H](C(=O)N2CCC[C@H]2c2nc3ccccc3s2)CC1=O. The van der Waals surface area contributed by atoms with E-state index < -0.39 is 0 Å². The molecule has 2 aliphatic heterocycles. The third-order valence-electron chi connectivity index (χ3n) is 4.82. The van der Waals surface area contributed by atoms with E-state index in [-0.39, 0.29) is 23.8 Å². The minimum atomic E-state index is -0.192.